The number of hydrogen-bond acceptors (Lipinski definition) is 4. The fourth-order valence-corrected chi connectivity index (χ4v) is 1.78. The number of likely N-dealkylation sites (N-methyl/N-ethyl adjacent to an activating group) is 1. The van der Waals surface area contributed by atoms with Crippen LogP contribution in [0.1, 0.15) is 12.0 Å². The van der Waals surface area contributed by atoms with Gasteiger partial charge in [0.05, 0.1) is 0 Å². The van der Waals surface area contributed by atoms with E-state index in [9.17, 15) is 0 Å². The van der Waals surface area contributed by atoms with E-state index in [1.165, 1.54) is 0 Å². The van der Waals surface area contributed by atoms with E-state index >= 15 is 0 Å². The molecule has 98 valence electrons. The molecule has 0 amide bonds. The maximum absolute atomic E-state index is 5.66. The lowest BCUT2D eigenvalue weighted by Crippen LogP contribution is -2.30. The van der Waals surface area contributed by atoms with E-state index < -0.39 is 0 Å². The molecule has 0 saturated heterocycles. The summed E-state index contributed by atoms with van der Waals surface area (Å²) in [5.41, 5.74) is 1.13. The molecule has 0 fully saturated rings. The van der Waals surface area contributed by atoms with Crippen molar-refractivity contribution in [3.05, 3.63) is 29.8 Å². The van der Waals surface area contributed by atoms with Gasteiger partial charge in [-0.15, -0.1) is 0 Å². The first-order valence-corrected chi connectivity index (χ1v) is 6.42. The second kappa shape index (κ2) is 6.40. The molecule has 0 aliphatic carbocycles. The Morgan fingerprint density at radius 2 is 2.06 bits per heavy atom. The van der Waals surface area contributed by atoms with Crippen molar-refractivity contribution in [1.82, 2.24) is 10.2 Å². The summed E-state index contributed by atoms with van der Waals surface area (Å²) in [6.45, 7) is 3.57. The van der Waals surface area contributed by atoms with Crippen LogP contribution < -0.4 is 10.1 Å². The lowest BCUT2D eigenvalue weighted by atomic mass is 10.2. The van der Waals surface area contributed by atoms with Crippen LogP contribution >= 0.6 is 0 Å². The topological polar surface area (TPSA) is 36.9 Å². The van der Waals surface area contributed by atoms with Crippen molar-refractivity contribution in [2.24, 2.45) is 4.99 Å². The first-order chi connectivity index (χ1) is 8.75. The Morgan fingerprint density at radius 3 is 2.67 bits per heavy atom. The van der Waals surface area contributed by atoms with Crippen LogP contribution in [-0.2, 0) is 0 Å². The van der Waals surface area contributed by atoms with Crippen molar-refractivity contribution in [2.75, 3.05) is 40.3 Å². The van der Waals surface area contributed by atoms with Crippen molar-refractivity contribution < 1.29 is 4.74 Å². The predicted octanol–water partition coefficient (Wildman–Crippen LogP) is 1.37. The molecule has 4 nitrogen and oxygen atoms in total. The van der Waals surface area contributed by atoms with Gasteiger partial charge in [-0.25, -0.2) is 0 Å². The third kappa shape index (κ3) is 3.74. The number of nitrogens with one attached hydrogen (secondary N) is 1. The smallest absolute Gasteiger partial charge is 0.128 e. The second-order valence-electron chi connectivity index (χ2n) is 4.69. The molecule has 0 radical (unpaired) electrons. The second-order valence-corrected chi connectivity index (χ2v) is 4.69. The van der Waals surface area contributed by atoms with E-state index in [4.69, 9.17) is 4.74 Å². The van der Waals surface area contributed by atoms with E-state index in [0.717, 1.165) is 43.2 Å². The molecule has 0 spiro atoms. The third-order valence-corrected chi connectivity index (χ3v) is 2.83. The SMILES string of the molecule is CN(C)CCOc1ccc(C2=NCCCN2)cc1. The van der Waals surface area contributed by atoms with E-state index in [1.807, 2.05) is 26.2 Å². The highest BCUT2D eigenvalue weighted by Gasteiger charge is 2.06. The number of rotatable bonds is 5. The van der Waals surface area contributed by atoms with Gasteiger partial charge in [0, 0.05) is 25.2 Å². The molecule has 2 rings (SSSR count). The van der Waals surface area contributed by atoms with Crippen molar-refractivity contribution in [1.29, 1.82) is 0 Å². The molecule has 1 aromatic carbocycles. The molecule has 1 N–H and O–H groups in total. The quantitative estimate of drug-likeness (QED) is 0.854. The average molecular weight is 247 g/mol. The van der Waals surface area contributed by atoms with Crippen LogP contribution in [0.2, 0.25) is 0 Å². The van der Waals surface area contributed by atoms with Gasteiger partial charge in [-0.3, -0.25) is 4.99 Å². The fourth-order valence-electron chi connectivity index (χ4n) is 1.78. The van der Waals surface area contributed by atoms with Crippen molar-refractivity contribution >= 4 is 5.84 Å². The average Bonchev–Trinajstić information content (AvgIpc) is 2.40. The minimum atomic E-state index is 0.714. The van der Waals surface area contributed by atoms with Crippen LogP contribution in [0.25, 0.3) is 0 Å². The lowest BCUT2D eigenvalue weighted by molar-refractivity contribution is 0.261. The Morgan fingerprint density at radius 1 is 1.28 bits per heavy atom. The summed E-state index contributed by atoms with van der Waals surface area (Å²) in [6, 6.07) is 8.12. The molecule has 1 heterocycles. The number of hydrogen-bond donors (Lipinski definition) is 1. The summed E-state index contributed by atoms with van der Waals surface area (Å²) in [4.78, 5) is 6.58. The standard InChI is InChI=1S/C14H21N3O/c1-17(2)10-11-18-13-6-4-12(5-7-13)14-15-8-3-9-16-14/h4-7H,3,8-11H2,1-2H3,(H,15,16). The van der Waals surface area contributed by atoms with E-state index in [0.29, 0.717) is 6.61 Å². The summed E-state index contributed by atoms with van der Waals surface area (Å²) < 4.78 is 5.66. The molecule has 18 heavy (non-hydrogen) atoms. The van der Waals surface area contributed by atoms with Crippen molar-refractivity contribution in [3.63, 3.8) is 0 Å². The highest BCUT2D eigenvalue weighted by Crippen LogP contribution is 2.13. The van der Waals surface area contributed by atoms with Gasteiger partial charge in [-0.1, -0.05) is 0 Å². The largest absolute Gasteiger partial charge is 0.492 e. The zero-order valence-corrected chi connectivity index (χ0v) is 11.1. The normalized spacial score (nSPS) is 15.2. The molecule has 0 unspecified atom stereocenters. The number of ether oxygens (including phenoxy) is 1. The summed E-state index contributed by atoms with van der Waals surface area (Å²) in [6.07, 6.45) is 1.12. The van der Waals surface area contributed by atoms with Crippen LogP contribution in [0.15, 0.2) is 29.3 Å². The number of aliphatic imine (C=N–C) groups is 1. The Kier molecular flexibility index (Phi) is 4.59. The lowest BCUT2D eigenvalue weighted by Gasteiger charge is -2.15. The van der Waals surface area contributed by atoms with Crippen LogP contribution in [0.4, 0.5) is 0 Å². The van der Waals surface area contributed by atoms with Crippen LogP contribution in [0.5, 0.6) is 5.75 Å². The van der Waals surface area contributed by atoms with Gasteiger partial charge in [-0.05, 0) is 44.8 Å². The highest BCUT2D eigenvalue weighted by molar-refractivity contribution is 5.99. The zero-order valence-electron chi connectivity index (χ0n) is 11.1. The summed E-state index contributed by atoms with van der Waals surface area (Å²) in [5, 5.41) is 3.32. The molecule has 0 saturated carbocycles. The van der Waals surface area contributed by atoms with Gasteiger partial charge in [0.15, 0.2) is 0 Å². The number of amidine groups is 1. The molecule has 1 aliphatic rings. The van der Waals surface area contributed by atoms with Gasteiger partial charge in [0.1, 0.15) is 18.2 Å². The van der Waals surface area contributed by atoms with Gasteiger partial charge in [-0.2, -0.15) is 0 Å². The van der Waals surface area contributed by atoms with Crippen LogP contribution in [0, 0.1) is 0 Å². The van der Waals surface area contributed by atoms with Gasteiger partial charge in [0.25, 0.3) is 0 Å². The number of benzene rings is 1. The summed E-state index contributed by atoms with van der Waals surface area (Å²) >= 11 is 0. The molecule has 1 aromatic rings. The molecule has 4 heteroatoms. The number of nitrogens with zero attached hydrogens (tertiary/aromatic N) is 2. The Labute approximate surface area is 109 Å². The molecular formula is C14H21N3O. The van der Waals surface area contributed by atoms with E-state index in [-0.39, 0.29) is 0 Å². The maximum Gasteiger partial charge on any atom is 0.128 e. The van der Waals surface area contributed by atoms with Gasteiger partial charge < -0.3 is 15.0 Å². The van der Waals surface area contributed by atoms with Crippen LogP contribution in [-0.4, -0.2) is 51.1 Å². The van der Waals surface area contributed by atoms with Crippen molar-refractivity contribution in [2.45, 2.75) is 6.42 Å². The molecule has 1 aliphatic heterocycles. The zero-order chi connectivity index (χ0) is 12.8. The molecule has 0 aromatic heterocycles. The van der Waals surface area contributed by atoms with E-state index in [1.54, 1.807) is 0 Å². The van der Waals surface area contributed by atoms with Gasteiger partial charge >= 0.3 is 0 Å². The Bertz CT molecular complexity index is 398. The first-order valence-electron chi connectivity index (χ1n) is 6.42. The first kappa shape index (κ1) is 12.9. The fraction of sp³-hybridized carbons (Fsp3) is 0.500. The maximum atomic E-state index is 5.66. The Hall–Kier alpha value is -1.55. The highest BCUT2D eigenvalue weighted by atomic mass is 16.5. The molecule has 0 bridgehead atoms. The van der Waals surface area contributed by atoms with Gasteiger partial charge in [0.2, 0.25) is 0 Å². The minimum absolute atomic E-state index is 0.714. The van der Waals surface area contributed by atoms with Crippen LogP contribution in [0.3, 0.4) is 0 Å². The third-order valence-electron chi connectivity index (χ3n) is 2.83. The predicted molar refractivity (Wildman–Crippen MR) is 74.5 cm³/mol. The Balaban J connectivity index is 1.91. The summed E-state index contributed by atoms with van der Waals surface area (Å²) in [5.74, 6) is 1.91. The monoisotopic (exact) mass is 247 g/mol. The minimum Gasteiger partial charge on any atom is -0.492 e. The molecular weight excluding hydrogens is 226 g/mol. The van der Waals surface area contributed by atoms with E-state index in [2.05, 4.69) is 27.3 Å². The van der Waals surface area contributed by atoms with Crippen molar-refractivity contribution in [3.8, 4) is 5.75 Å². The summed E-state index contributed by atoms with van der Waals surface area (Å²) in [7, 11) is 4.08. The molecule has 0 atom stereocenters.